The molecule has 3 aliphatic rings. The Labute approximate surface area is 202 Å². The molecule has 2 atom stereocenters. The van der Waals surface area contributed by atoms with Crippen LogP contribution >= 0.6 is 0 Å². The van der Waals surface area contributed by atoms with Gasteiger partial charge in [-0.1, -0.05) is 12.1 Å². The molecule has 2 amide bonds. The Morgan fingerprint density at radius 3 is 2.77 bits per heavy atom. The summed E-state index contributed by atoms with van der Waals surface area (Å²) in [6, 6.07) is 6.18. The number of anilines is 2. The number of aliphatic hydroxyl groups excluding tert-OH is 1. The minimum absolute atomic E-state index is 0.130. The average molecular weight is 482 g/mol. The number of carbonyl (C=O) groups excluding carboxylic acids is 3. The van der Waals surface area contributed by atoms with E-state index in [-0.39, 0.29) is 17.4 Å². The van der Waals surface area contributed by atoms with Gasteiger partial charge in [0.1, 0.15) is 23.7 Å². The molecule has 10 heteroatoms. The van der Waals surface area contributed by atoms with Gasteiger partial charge in [-0.3, -0.25) is 19.4 Å². The van der Waals surface area contributed by atoms with Crippen molar-refractivity contribution >= 4 is 29.0 Å². The standard InChI is InChI=1S/C25H28FN5O4/c26-17-6-4-15(5-7-17)13-16-14-29-21-22-20(16)27-9-12-31(22)25(35)19(23(21)33)24(34)28-8-2-11-30-10-1-3-18(30)32/h4-7,14,19,25,27,35H,1-3,8-13H2,(H,28,34). The van der Waals surface area contributed by atoms with Gasteiger partial charge in [0.05, 0.1) is 11.4 Å². The van der Waals surface area contributed by atoms with Gasteiger partial charge in [-0.25, -0.2) is 4.39 Å². The van der Waals surface area contributed by atoms with Crippen molar-refractivity contribution in [1.29, 1.82) is 0 Å². The van der Waals surface area contributed by atoms with Crippen LogP contribution in [0.15, 0.2) is 30.5 Å². The molecule has 9 nitrogen and oxygen atoms in total. The molecule has 3 aliphatic heterocycles. The van der Waals surface area contributed by atoms with Crippen LogP contribution in [0.25, 0.3) is 0 Å². The summed E-state index contributed by atoms with van der Waals surface area (Å²) in [5.74, 6) is -2.53. The van der Waals surface area contributed by atoms with E-state index in [1.54, 1.807) is 28.1 Å². The maximum atomic E-state index is 13.3. The predicted molar refractivity (Wildman–Crippen MR) is 127 cm³/mol. The number of likely N-dealkylation sites (tertiary alicyclic amines) is 1. The Kier molecular flexibility index (Phi) is 6.38. The lowest BCUT2D eigenvalue weighted by Crippen LogP contribution is -2.56. The number of nitrogens with zero attached hydrogens (tertiary/aromatic N) is 3. The second-order valence-electron chi connectivity index (χ2n) is 9.16. The van der Waals surface area contributed by atoms with Crippen LogP contribution in [0.3, 0.4) is 0 Å². The highest BCUT2D eigenvalue weighted by Crippen LogP contribution is 2.41. The molecule has 1 saturated heterocycles. The number of hydrogen-bond donors (Lipinski definition) is 3. The zero-order valence-corrected chi connectivity index (χ0v) is 19.3. The van der Waals surface area contributed by atoms with E-state index in [4.69, 9.17) is 0 Å². The molecule has 0 aliphatic carbocycles. The molecular formula is C25H28FN5O4. The van der Waals surface area contributed by atoms with Gasteiger partial charge < -0.3 is 25.5 Å². The number of nitrogens with one attached hydrogen (secondary N) is 2. The van der Waals surface area contributed by atoms with Crippen LogP contribution in [0.4, 0.5) is 15.8 Å². The van der Waals surface area contributed by atoms with E-state index in [1.807, 2.05) is 0 Å². The third kappa shape index (κ3) is 4.45. The van der Waals surface area contributed by atoms with Gasteiger partial charge in [0.2, 0.25) is 11.8 Å². The van der Waals surface area contributed by atoms with Gasteiger partial charge >= 0.3 is 0 Å². The minimum atomic E-state index is -1.31. The molecule has 2 unspecified atom stereocenters. The van der Waals surface area contributed by atoms with Crippen molar-refractivity contribution < 1.29 is 23.9 Å². The third-order valence-corrected chi connectivity index (χ3v) is 6.87. The number of halogens is 1. The van der Waals surface area contributed by atoms with E-state index >= 15 is 0 Å². The molecule has 1 aromatic carbocycles. The number of pyridine rings is 1. The van der Waals surface area contributed by atoms with E-state index in [1.165, 1.54) is 12.1 Å². The highest BCUT2D eigenvalue weighted by atomic mass is 19.1. The summed E-state index contributed by atoms with van der Waals surface area (Å²) < 4.78 is 13.3. The second kappa shape index (κ2) is 9.61. The summed E-state index contributed by atoms with van der Waals surface area (Å²) in [5, 5.41) is 17.1. The number of Topliss-reactive ketones (excluding diaryl/α,β-unsaturated/α-hetero) is 1. The number of ketones is 1. The molecule has 0 bridgehead atoms. The zero-order valence-electron chi connectivity index (χ0n) is 19.3. The summed E-state index contributed by atoms with van der Waals surface area (Å²) in [5.41, 5.74) is 3.07. The van der Waals surface area contributed by atoms with Gasteiger partial charge in [0.25, 0.3) is 0 Å². The molecule has 4 heterocycles. The van der Waals surface area contributed by atoms with Gasteiger partial charge in [-0.2, -0.15) is 0 Å². The smallest absolute Gasteiger partial charge is 0.235 e. The minimum Gasteiger partial charge on any atom is -0.381 e. The summed E-state index contributed by atoms with van der Waals surface area (Å²) >= 11 is 0. The number of hydrogen-bond acceptors (Lipinski definition) is 7. The zero-order chi connectivity index (χ0) is 24.5. The molecule has 5 rings (SSSR count). The predicted octanol–water partition coefficient (Wildman–Crippen LogP) is 1.30. The van der Waals surface area contributed by atoms with E-state index in [0.29, 0.717) is 56.8 Å². The fourth-order valence-electron chi connectivity index (χ4n) is 5.08. The van der Waals surface area contributed by atoms with Crippen molar-refractivity contribution in [3.63, 3.8) is 0 Å². The Hall–Kier alpha value is -3.53. The van der Waals surface area contributed by atoms with Crippen LogP contribution in [0.5, 0.6) is 0 Å². The van der Waals surface area contributed by atoms with Crippen LogP contribution in [-0.4, -0.2) is 71.5 Å². The van der Waals surface area contributed by atoms with Crippen molar-refractivity contribution in [2.45, 2.75) is 31.9 Å². The van der Waals surface area contributed by atoms with Crippen molar-refractivity contribution in [2.24, 2.45) is 5.92 Å². The molecule has 1 fully saturated rings. The first-order valence-electron chi connectivity index (χ1n) is 12.0. The summed E-state index contributed by atoms with van der Waals surface area (Å²) in [7, 11) is 0. The van der Waals surface area contributed by atoms with Crippen molar-refractivity contribution in [3.05, 3.63) is 53.1 Å². The van der Waals surface area contributed by atoms with E-state index in [9.17, 15) is 23.9 Å². The van der Waals surface area contributed by atoms with Crippen LogP contribution < -0.4 is 15.5 Å². The quantitative estimate of drug-likeness (QED) is 0.403. The lowest BCUT2D eigenvalue weighted by Gasteiger charge is -2.42. The van der Waals surface area contributed by atoms with Crippen LogP contribution in [0.2, 0.25) is 0 Å². The molecular weight excluding hydrogens is 453 g/mol. The van der Waals surface area contributed by atoms with Crippen molar-refractivity contribution in [1.82, 2.24) is 15.2 Å². The topological polar surface area (TPSA) is 115 Å². The van der Waals surface area contributed by atoms with Crippen molar-refractivity contribution in [2.75, 3.05) is 42.9 Å². The van der Waals surface area contributed by atoms with Gasteiger partial charge in [0.15, 0.2) is 5.78 Å². The largest absolute Gasteiger partial charge is 0.381 e. The van der Waals surface area contributed by atoms with Crippen LogP contribution in [0, 0.1) is 11.7 Å². The summed E-state index contributed by atoms with van der Waals surface area (Å²) in [6.07, 6.45) is 2.78. The molecule has 0 spiro atoms. The van der Waals surface area contributed by atoms with Gasteiger partial charge in [-0.05, 0) is 30.5 Å². The fraction of sp³-hybridized carbons (Fsp3) is 0.440. The lowest BCUT2D eigenvalue weighted by molar-refractivity contribution is -0.127. The van der Waals surface area contributed by atoms with Crippen molar-refractivity contribution in [3.8, 4) is 0 Å². The number of aromatic nitrogens is 1. The average Bonchev–Trinajstić information content (AvgIpc) is 3.27. The van der Waals surface area contributed by atoms with Gasteiger partial charge in [-0.15, -0.1) is 0 Å². The maximum Gasteiger partial charge on any atom is 0.235 e. The summed E-state index contributed by atoms with van der Waals surface area (Å²) in [6.45, 7) is 2.54. The van der Waals surface area contributed by atoms with E-state index in [2.05, 4.69) is 15.6 Å². The van der Waals surface area contributed by atoms with Crippen LogP contribution in [-0.2, 0) is 16.0 Å². The maximum absolute atomic E-state index is 13.3. The molecule has 35 heavy (non-hydrogen) atoms. The number of amides is 2. The van der Waals surface area contributed by atoms with E-state index in [0.717, 1.165) is 24.1 Å². The number of aliphatic hydroxyl groups is 1. The number of carbonyl (C=O) groups is 3. The third-order valence-electron chi connectivity index (χ3n) is 6.87. The first kappa shape index (κ1) is 23.2. The molecule has 0 radical (unpaired) electrons. The monoisotopic (exact) mass is 481 g/mol. The highest BCUT2D eigenvalue weighted by Gasteiger charge is 2.46. The molecule has 184 valence electrons. The van der Waals surface area contributed by atoms with E-state index < -0.39 is 23.8 Å². The molecule has 3 N–H and O–H groups in total. The molecule has 0 saturated carbocycles. The number of rotatable bonds is 7. The first-order chi connectivity index (χ1) is 16.9. The molecule has 2 aromatic rings. The Balaban J connectivity index is 1.31. The first-order valence-corrected chi connectivity index (χ1v) is 12.0. The number of benzene rings is 1. The normalized spacial score (nSPS) is 21.1. The summed E-state index contributed by atoms with van der Waals surface area (Å²) in [4.78, 5) is 45.7. The SMILES string of the molecule is O=C(NCCCN1CCCC1=O)C1C(=O)c2ncc(Cc3ccc(F)cc3)c3c2N(CCN3)C1O. The van der Waals surface area contributed by atoms with Gasteiger partial charge in [0, 0.05) is 57.3 Å². The van der Waals surface area contributed by atoms with Crippen LogP contribution in [0.1, 0.15) is 40.9 Å². The fourth-order valence-corrected chi connectivity index (χ4v) is 5.08. The Morgan fingerprint density at radius 1 is 1.23 bits per heavy atom. The lowest BCUT2D eigenvalue weighted by atomic mass is 9.89. The second-order valence-corrected chi connectivity index (χ2v) is 9.16. The molecule has 1 aromatic heterocycles. The Bertz CT molecular complexity index is 1160. The highest BCUT2D eigenvalue weighted by molar-refractivity contribution is 6.15. The Morgan fingerprint density at radius 2 is 2.03 bits per heavy atom.